The number of hydrogen-bond donors (Lipinski definition) is 1. The van der Waals surface area contributed by atoms with Gasteiger partial charge in [0.1, 0.15) is 17.8 Å². The van der Waals surface area contributed by atoms with Gasteiger partial charge in [-0.25, -0.2) is 4.98 Å². The van der Waals surface area contributed by atoms with E-state index in [1.807, 2.05) is 24.4 Å². The van der Waals surface area contributed by atoms with E-state index >= 15 is 0 Å². The van der Waals surface area contributed by atoms with Gasteiger partial charge in [0.25, 0.3) is 0 Å². The molecule has 120 valence electrons. The molecule has 23 heavy (non-hydrogen) atoms. The number of nitriles is 1. The predicted molar refractivity (Wildman–Crippen MR) is 85.0 cm³/mol. The van der Waals surface area contributed by atoms with E-state index in [9.17, 15) is 5.26 Å². The molecule has 1 aliphatic carbocycles. The molecule has 6 heteroatoms. The molecule has 1 spiro atoms. The highest BCUT2D eigenvalue weighted by Crippen LogP contribution is 2.37. The molecule has 0 aromatic carbocycles. The Labute approximate surface area is 135 Å². The monoisotopic (exact) mass is 312 g/mol. The number of nitrogens with one attached hydrogen (secondary N) is 1. The van der Waals surface area contributed by atoms with Crippen LogP contribution in [0.15, 0.2) is 24.4 Å². The first-order valence-corrected chi connectivity index (χ1v) is 8.22. The van der Waals surface area contributed by atoms with Crippen molar-refractivity contribution in [3.8, 4) is 6.07 Å². The number of nitrogens with zero attached hydrogens (tertiary/aromatic N) is 3. The van der Waals surface area contributed by atoms with Crippen molar-refractivity contribution >= 4 is 11.5 Å². The maximum absolute atomic E-state index is 9.39. The molecule has 3 heterocycles. The summed E-state index contributed by atoms with van der Waals surface area (Å²) in [6, 6.07) is 7.90. The van der Waals surface area contributed by atoms with Gasteiger partial charge in [0.05, 0.1) is 6.61 Å². The highest BCUT2D eigenvalue weighted by molar-refractivity contribution is 5.58. The summed E-state index contributed by atoms with van der Waals surface area (Å²) in [6.45, 7) is 1.20. The van der Waals surface area contributed by atoms with E-state index in [2.05, 4.69) is 16.4 Å². The van der Waals surface area contributed by atoms with Crippen LogP contribution in [0.2, 0.25) is 0 Å². The van der Waals surface area contributed by atoms with Crippen LogP contribution in [0.4, 0.5) is 5.82 Å². The molecule has 2 aliphatic rings. The van der Waals surface area contributed by atoms with Gasteiger partial charge in [0, 0.05) is 25.6 Å². The molecule has 2 fully saturated rings. The van der Waals surface area contributed by atoms with E-state index in [4.69, 9.17) is 9.47 Å². The SMILES string of the molecule is N#Cc1c(NCC2COC3(CCCCC3)O2)nc2ccccn12. The van der Waals surface area contributed by atoms with Crippen LogP contribution >= 0.6 is 0 Å². The van der Waals surface area contributed by atoms with Gasteiger partial charge in [-0.15, -0.1) is 0 Å². The third-order valence-corrected chi connectivity index (χ3v) is 4.66. The third-order valence-electron chi connectivity index (χ3n) is 4.66. The number of fused-ring (bicyclic) bond motifs is 1. The number of imidazole rings is 1. The third kappa shape index (κ3) is 2.67. The van der Waals surface area contributed by atoms with Gasteiger partial charge >= 0.3 is 0 Å². The highest BCUT2D eigenvalue weighted by atomic mass is 16.7. The second-order valence-electron chi connectivity index (χ2n) is 6.25. The molecule has 1 saturated carbocycles. The van der Waals surface area contributed by atoms with Crippen LogP contribution in [0.3, 0.4) is 0 Å². The fourth-order valence-electron chi connectivity index (χ4n) is 3.51. The van der Waals surface area contributed by atoms with Crippen LogP contribution in [0.1, 0.15) is 37.8 Å². The Kier molecular flexibility index (Phi) is 3.68. The van der Waals surface area contributed by atoms with Crippen molar-refractivity contribution in [1.82, 2.24) is 9.38 Å². The summed E-state index contributed by atoms with van der Waals surface area (Å²) < 4.78 is 13.9. The zero-order chi connectivity index (χ0) is 15.7. The predicted octanol–water partition coefficient (Wildman–Crippen LogP) is 2.69. The van der Waals surface area contributed by atoms with E-state index in [0.717, 1.165) is 18.5 Å². The first-order chi connectivity index (χ1) is 11.3. The summed E-state index contributed by atoms with van der Waals surface area (Å²) >= 11 is 0. The molecule has 1 saturated heterocycles. The lowest BCUT2D eigenvalue weighted by molar-refractivity contribution is -0.185. The molecule has 6 nitrogen and oxygen atoms in total. The fourth-order valence-corrected chi connectivity index (χ4v) is 3.51. The number of anilines is 1. The van der Waals surface area contributed by atoms with E-state index in [1.54, 1.807) is 4.40 Å². The average molecular weight is 312 g/mol. The Morgan fingerprint density at radius 1 is 1.35 bits per heavy atom. The summed E-state index contributed by atoms with van der Waals surface area (Å²) in [5.41, 5.74) is 1.28. The minimum absolute atomic E-state index is 0.00413. The lowest BCUT2D eigenvalue weighted by Gasteiger charge is -2.31. The van der Waals surface area contributed by atoms with Crippen molar-refractivity contribution in [3.63, 3.8) is 0 Å². The largest absolute Gasteiger partial charge is 0.365 e. The standard InChI is InChI=1S/C17H20N4O2/c18-10-14-16(20-15-6-2-5-9-21(14)15)19-11-13-12-22-17(23-13)7-3-1-4-8-17/h2,5-6,9,13,19H,1,3-4,7-8,11-12H2. The topological polar surface area (TPSA) is 71.6 Å². The van der Waals surface area contributed by atoms with Crippen molar-refractivity contribution in [2.75, 3.05) is 18.5 Å². The molecule has 2 aromatic rings. The van der Waals surface area contributed by atoms with Crippen LogP contribution in [-0.2, 0) is 9.47 Å². The maximum atomic E-state index is 9.39. The van der Waals surface area contributed by atoms with Crippen LogP contribution in [0.25, 0.3) is 5.65 Å². The van der Waals surface area contributed by atoms with Gasteiger partial charge in [-0.1, -0.05) is 12.5 Å². The minimum Gasteiger partial charge on any atom is -0.365 e. The van der Waals surface area contributed by atoms with Crippen LogP contribution in [-0.4, -0.2) is 34.4 Å². The quantitative estimate of drug-likeness (QED) is 0.943. The number of ether oxygens (including phenoxy) is 2. The van der Waals surface area contributed by atoms with Crippen molar-refractivity contribution in [2.24, 2.45) is 0 Å². The van der Waals surface area contributed by atoms with Gasteiger partial charge in [-0.2, -0.15) is 5.26 Å². The van der Waals surface area contributed by atoms with Gasteiger partial charge < -0.3 is 14.8 Å². The van der Waals surface area contributed by atoms with Crippen molar-refractivity contribution < 1.29 is 9.47 Å². The molecule has 2 aromatic heterocycles. The molecule has 0 amide bonds. The molecular formula is C17H20N4O2. The zero-order valence-corrected chi connectivity index (χ0v) is 13.0. The fraction of sp³-hybridized carbons (Fsp3) is 0.529. The minimum atomic E-state index is -0.360. The lowest BCUT2D eigenvalue weighted by Crippen LogP contribution is -2.34. The summed E-state index contributed by atoms with van der Waals surface area (Å²) in [6.07, 6.45) is 7.44. The first-order valence-electron chi connectivity index (χ1n) is 8.22. The smallest absolute Gasteiger partial charge is 0.168 e. The second-order valence-corrected chi connectivity index (χ2v) is 6.25. The normalized spacial score (nSPS) is 23.2. The number of rotatable bonds is 3. The van der Waals surface area contributed by atoms with Crippen LogP contribution in [0.5, 0.6) is 0 Å². The average Bonchev–Trinajstić information content (AvgIpc) is 3.14. The van der Waals surface area contributed by atoms with Crippen molar-refractivity contribution in [1.29, 1.82) is 5.26 Å². The van der Waals surface area contributed by atoms with E-state index in [-0.39, 0.29) is 11.9 Å². The molecule has 1 N–H and O–H groups in total. The van der Waals surface area contributed by atoms with Gasteiger partial charge in [0.2, 0.25) is 0 Å². The Morgan fingerprint density at radius 3 is 3.04 bits per heavy atom. The maximum Gasteiger partial charge on any atom is 0.168 e. The van der Waals surface area contributed by atoms with E-state index < -0.39 is 0 Å². The lowest BCUT2D eigenvalue weighted by atomic mass is 9.94. The summed E-state index contributed by atoms with van der Waals surface area (Å²) in [7, 11) is 0. The van der Waals surface area contributed by atoms with Crippen LogP contribution in [0, 0.1) is 11.3 Å². The van der Waals surface area contributed by atoms with Crippen LogP contribution < -0.4 is 5.32 Å². The molecule has 1 aliphatic heterocycles. The van der Waals surface area contributed by atoms with Gasteiger partial charge in [-0.05, 0) is 25.0 Å². The van der Waals surface area contributed by atoms with Gasteiger partial charge in [0.15, 0.2) is 17.3 Å². The number of hydrogen-bond acceptors (Lipinski definition) is 5. The van der Waals surface area contributed by atoms with Crippen molar-refractivity contribution in [2.45, 2.75) is 44.0 Å². The summed E-state index contributed by atoms with van der Waals surface area (Å²) in [5, 5.41) is 12.6. The zero-order valence-electron chi connectivity index (χ0n) is 13.0. The first kappa shape index (κ1) is 14.5. The summed E-state index contributed by atoms with van der Waals surface area (Å²) in [4.78, 5) is 4.48. The molecule has 0 radical (unpaired) electrons. The summed E-state index contributed by atoms with van der Waals surface area (Å²) in [5.74, 6) is 0.244. The van der Waals surface area contributed by atoms with E-state index in [1.165, 1.54) is 19.3 Å². The van der Waals surface area contributed by atoms with E-state index in [0.29, 0.717) is 24.7 Å². The highest BCUT2D eigenvalue weighted by Gasteiger charge is 2.42. The Balaban J connectivity index is 1.45. The molecular weight excluding hydrogens is 292 g/mol. The number of pyridine rings is 1. The molecule has 0 bridgehead atoms. The molecule has 1 unspecified atom stereocenters. The molecule has 4 rings (SSSR count). The number of aromatic nitrogens is 2. The Hall–Kier alpha value is -2.10. The Morgan fingerprint density at radius 2 is 2.22 bits per heavy atom. The van der Waals surface area contributed by atoms with Gasteiger partial charge in [-0.3, -0.25) is 4.40 Å². The molecule has 1 atom stereocenters. The Bertz CT molecular complexity index is 743. The second kappa shape index (κ2) is 5.84. The van der Waals surface area contributed by atoms with Crippen molar-refractivity contribution in [3.05, 3.63) is 30.1 Å².